The highest BCUT2D eigenvalue weighted by molar-refractivity contribution is 5.69. The maximum atomic E-state index is 11.6. The molecule has 0 spiro atoms. The van der Waals surface area contributed by atoms with Gasteiger partial charge in [0.2, 0.25) is 0 Å². The number of allylic oxidation sites excluding steroid dienone is 2. The van der Waals surface area contributed by atoms with Crippen LogP contribution in [-0.2, 0) is 9.53 Å². The van der Waals surface area contributed by atoms with Crippen molar-refractivity contribution in [3.63, 3.8) is 0 Å². The van der Waals surface area contributed by atoms with Crippen molar-refractivity contribution in [2.24, 2.45) is 11.1 Å². The molecular weight excluding hydrogens is 466 g/mol. The second-order valence-corrected chi connectivity index (χ2v) is 9.81. The molecule has 0 amide bonds. The van der Waals surface area contributed by atoms with Gasteiger partial charge >= 0.3 is 5.97 Å². The van der Waals surface area contributed by atoms with Gasteiger partial charge in [-0.2, -0.15) is 0 Å². The van der Waals surface area contributed by atoms with Gasteiger partial charge in [0.05, 0.1) is 50.6 Å². The number of esters is 1. The zero-order chi connectivity index (χ0) is 27.5. The van der Waals surface area contributed by atoms with Crippen molar-refractivity contribution in [1.82, 2.24) is 0 Å². The van der Waals surface area contributed by atoms with E-state index in [1.54, 1.807) is 0 Å². The van der Waals surface area contributed by atoms with Gasteiger partial charge in [-0.25, -0.2) is 0 Å². The van der Waals surface area contributed by atoms with Crippen LogP contribution >= 0.6 is 0 Å². The van der Waals surface area contributed by atoms with Crippen LogP contribution in [0.1, 0.15) is 96.8 Å². The molecule has 0 aliphatic rings. The van der Waals surface area contributed by atoms with E-state index in [-0.39, 0.29) is 12.6 Å². The van der Waals surface area contributed by atoms with Gasteiger partial charge in [0, 0.05) is 6.42 Å². The molecule has 0 unspecified atom stereocenters. The summed E-state index contributed by atoms with van der Waals surface area (Å²) in [4.78, 5) is 11.6. The zero-order valence-electron chi connectivity index (χ0n) is 22.6. The first-order valence-corrected chi connectivity index (χ1v) is 13.6. The third kappa shape index (κ3) is 21.1. The van der Waals surface area contributed by atoms with E-state index in [9.17, 15) is 4.79 Å². The van der Waals surface area contributed by atoms with Crippen LogP contribution in [0.4, 0.5) is 0 Å². The lowest BCUT2D eigenvalue weighted by Gasteiger charge is -2.23. The van der Waals surface area contributed by atoms with Crippen molar-refractivity contribution >= 4 is 5.97 Å². The van der Waals surface area contributed by atoms with Crippen LogP contribution in [0.3, 0.4) is 0 Å². The van der Waals surface area contributed by atoms with Crippen molar-refractivity contribution in [3.8, 4) is 0 Å². The van der Waals surface area contributed by atoms with E-state index in [0.717, 1.165) is 25.7 Å². The highest BCUT2D eigenvalue weighted by Gasteiger charge is 2.26. The van der Waals surface area contributed by atoms with E-state index in [0.29, 0.717) is 6.42 Å². The second kappa shape index (κ2) is 25.6. The molecule has 0 fully saturated rings. The fourth-order valence-corrected chi connectivity index (χ4v) is 3.08. The van der Waals surface area contributed by atoms with Crippen LogP contribution in [0.25, 0.3) is 0 Å². The van der Waals surface area contributed by atoms with Crippen LogP contribution in [0.2, 0.25) is 0 Å². The number of aliphatic hydroxyl groups is 6. The Bertz CT molecular complexity index is 490. The smallest absolute Gasteiger partial charge is 0.305 e. The predicted molar refractivity (Wildman–Crippen MR) is 142 cm³/mol. The lowest BCUT2D eigenvalue weighted by atomic mass is 9.93. The molecule has 0 bridgehead atoms. The number of carbonyl (C=O) groups excluding carboxylic acids is 1. The summed E-state index contributed by atoms with van der Waals surface area (Å²) in [6.45, 7) is -0.347. The predicted octanol–water partition coefficient (Wildman–Crippen LogP) is 2.19. The molecule has 0 rings (SSSR count). The second-order valence-electron chi connectivity index (χ2n) is 9.81. The quantitative estimate of drug-likeness (QED) is 0.0604. The molecule has 0 aromatic rings. The SMILES string of the molecule is CCCCCCCC/C=C\CCCCCCCC(=O)OCC(N)(CO)CO.OCC(CO)(CO)CO. The van der Waals surface area contributed by atoms with E-state index in [4.69, 9.17) is 41.1 Å². The summed E-state index contributed by atoms with van der Waals surface area (Å²) < 4.78 is 5.02. The average Bonchev–Trinajstić information content (AvgIpc) is 2.91. The Morgan fingerprint density at radius 1 is 0.667 bits per heavy atom. The zero-order valence-corrected chi connectivity index (χ0v) is 22.6. The Balaban J connectivity index is 0. The highest BCUT2D eigenvalue weighted by Crippen LogP contribution is 2.12. The Kier molecular flexibility index (Phi) is 26.3. The summed E-state index contributed by atoms with van der Waals surface area (Å²) in [7, 11) is 0. The molecule has 9 nitrogen and oxygen atoms in total. The van der Waals surface area contributed by atoms with Gasteiger partial charge in [-0.3, -0.25) is 4.79 Å². The number of carbonyl (C=O) groups is 1. The first kappa shape index (κ1) is 37.1. The number of ether oxygens (including phenoxy) is 1. The molecule has 0 heterocycles. The number of hydrogen-bond donors (Lipinski definition) is 7. The highest BCUT2D eigenvalue weighted by atomic mass is 16.5. The first-order chi connectivity index (χ1) is 17.3. The van der Waals surface area contributed by atoms with Gasteiger partial charge in [0.25, 0.3) is 0 Å². The molecular formula is C27H55NO8. The molecule has 0 saturated carbocycles. The number of rotatable bonds is 23. The van der Waals surface area contributed by atoms with Gasteiger partial charge in [0.15, 0.2) is 0 Å². The Labute approximate surface area is 218 Å². The normalized spacial score (nSPS) is 12.0. The summed E-state index contributed by atoms with van der Waals surface area (Å²) in [5.41, 5.74) is 3.30. The number of aliphatic hydroxyl groups excluding tert-OH is 6. The van der Waals surface area contributed by atoms with Gasteiger partial charge in [-0.05, 0) is 32.1 Å². The lowest BCUT2D eigenvalue weighted by Crippen LogP contribution is -2.51. The van der Waals surface area contributed by atoms with Crippen LogP contribution in [0.5, 0.6) is 0 Å². The molecule has 0 aromatic carbocycles. The molecule has 0 aliphatic carbocycles. The number of unbranched alkanes of at least 4 members (excludes halogenated alkanes) is 11. The standard InChI is InChI=1S/C22H43NO4.C5H12O4/c1-2-3-4-5-6-7-8-9-10-11-12-13-14-15-16-17-21(26)27-20-22(23,18-24)19-25;6-1-5(2-7,3-8)4-9/h9-10,24-25H,2-8,11-20,23H2,1H3;6-9H,1-4H2/b10-9-;. The van der Waals surface area contributed by atoms with Crippen molar-refractivity contribution in [2.75, 3.05) is 46.2 Å². The molecule has 0 atom stereocenters. The molecule has 0 saturated heterocycles. The largest absolute Gasteiger partial charge is 0.464 e. The van der Waals surface area contributed by atoms with Crippen LogP contribution in [0.15, 0.2) is 12.2 Å². The number of nitrogens with two attached hydrogens (primary N) is 1. The third-order valence-electron chi connectivity index (χ3n) is 6.13. The van der Waals surface area contributed by atoms with Crippen LogP contribution in [-0.4, -0.2) is 88.4 Å². The molecule has 0 aromatic heterocycles. The maximum absolute atomic E-state index is 11.6. The van der Waals surface area contributed by atoms with Crippen LogP contribution < -0.4 is 5.73 Å². The molecule has 0 aliphatic heterocycles. The van der Waals surface area contributed by atoms with Crippen molar-refractivity contribution in [3.05, 3.63) is 12.2 Å². The van der Waals surface area contributed by atoms with E-state index in [1.165, 1.54) is 57.8 Å². The van der Waals surface area contributed by atoms with Crippen molar-refractivity contribution < 1.29 is 40.2 Å². The Morgan fingerprint density at radius 2 is 1.08 bits per heavy atom. The monoisotopic (exact) mass is 521 g/mol. The molecule has 0 radical (unpaired) electrons. The third-order valence-corrected chi connectivity index (χ3v) is 6.13. The van der Waals surface area contributed by atoms with Crippen molar-refractivity contribution in [1.29, 1.82) is 0 Å². The molecule has 216 valence electrons. The van der Waals surface area contributed by atoms with Gasteiger partial charge < -0.3 is 41.1 Å². The molecule has 8 N–H and O–H groups in total. The minimum atomic E-state index is -1.24. The molecule has 36 heavy (non-hydrogen) atoms. The summed E-state index contributed by atoms with van der Waals surface area (Å²) >= 11 is 0. The summed E-state index contributed by atoms with van der Waals surface area (Å²) in [6, 6.07) is 0. The van der Waals surface area contributed by atoms with E-state index in [2.05, 4.69) is 19.1 Å². The summed E-state index contributed by atoms with van der Waals surface area (Å²) in [5.74, 6) is -0.315. The fourth-order valence-electron chi connectivity index (χ4n) is 3.08. The summed E-state index contributed by atoms with van der Waals surface area (Å²) in [6.07, 6.45) is 20.9. The molecule has 9 heteroatoms. The van der Waals surface area contributed by atoms with E-state index < -0.39 is 50.6 Å². The van der Waals surface area contributed by atoms with Crippen LogP contribution in [0, 0.1) is 5.41 Å². The first-order valence-electron chi connectivity index (χ1n) is 13.6. The Hall–Kier alpha value is -1.07. The fraction of sp³-hybridized carbons (Fsp3) is 0.889. The average molecular weight is 522 g/mol. The van der Waals surface area contributed by atoms with Gasteiger partial charge in [0.1, 0.15) is 6.61 Å². The van der Waals surface area contributed by atoms with Gasteiger partial charge in [-0.1, -0.05) is 70.4 Å². The maximum Gasteiger partial charge on any atom is 0.305 e. The van der Waals surface area contributed by atoms with E-state index >= 15 is 0 Å². The summed E-state index contributed by atoms with van der Waals surface area (Å²) in [5, 5.41) is 52.1. The van der Waals surface area contributed by atoms with Crippen molar-refractivity contribution in [2.45, 2.75) is 102 Å². The minimum absolute atomic E-state index is 0.149. The Morgan fingerprint density at radius 3 is 1.47 bits per heavy atom. The minimum Gasteiger partial charge on any atom is -0.464 e. The topological polar surface area (TPSA) is 174 Å². The van der Waals surface area contributed by atoms with Gasteiger partial charge in [-0.15, -0.1) is 0 Å². The lowest BCUT2D eigenvalue weighted by molar-refractivity contribution is -0.146. The number of hydrogen-bond acceptors (Lipinski definition) is 9. The van der Waals surface area contributed by atoms with E-state index in [1.807, 2.05) is 0 Å².